The highest BCUT2D eigenvalue weighted by atomic mass is 16.5. The number of rotatable bonds is 6. The predicted molar refractivity (Wildman–Crippen MR) is 91.9 cm³/mol. The van der Waals surface area contributed by atoms with E-state index in [1.165, 1.54) is 6.42 Å². The largest absolute Gasteiger partial charge is 0.496 e. The molecule has 1 saturated heterocycles. The smallest absolute Gasteiger partial charge is 0.241 e. The van der Waals surface area contributed by atoms with Crippen molar-refractivity contribution in [3.05, 3.63) is 47.8 Å². The fourth-order valence-electron chi connectivity index (χ4n) is 3.03. The Morgan fingerprint density at radius 3 is 3.08 bits per heavy atom. The number of hydrogen-bond donors (Lipinski definition) is 2. The van der Waals surface area contributed by atoms with Gasteiger partial charge in [-0.2, -0.15) is 5.10 Å². The zero-order chi connectivity index (χ0) is 16.8. The lowest BCUT2D eigenvalue weighted by Crippen LogP contribution is -2.29. The van der Waals surface area contributed by atoms with Crippen LogP contribution in [0.4, 0.5) is 0 Å². The first-order chi connectivity index (χ1) is 11.8. The summed E-state index contributed by atoms with van der Waals surface area (Å²) in [7, 11) is 1.63. The number of aromatic nitrogens is 2. The van der Waals surface area contributed by atoms with Crippen molar-refractivity contribution in [2.75, 3.05) is 20.2 Å². The SMILES string of the molecule is COc1ccccc1CNC(=O)Cn1ccc(C2CCCNC2)n1. The van der Waals surface area contributed by atoms with Gasteiger partial charge in [-0.05, 0) is 31.5 Å². The van der Waals surface area contributed by atoms with Crippen LogP contribution in [0.1, 0.15) is 30.0 Å². The van der Waals surface area contributed by atoms with Crippen molar-refractivity contribution < 1.29 is 9.53 Å². The van der Waals surface area contributed by atoms with Crippen molar-refractivity contribution in [3.8, 4) is 5.75 Å². The first kappa shape index (κ1) is 16.5. The van der Waals surface area contributed by atoms with E-state index in [-0.39, 0.29) is 12.5 Å². The molecule has 1 aliphatic rings. The molecule has 1 atom stereocenters. The number of carbonyl (C=O) groups excluding carboxylic acids is 1. The Morgan fingerprint density at radius 1 is 1.42 bits per heavy atom. The number of benzene rings is 1. The Morgan fingerprint density at radius 2 is 2.29 bits per heavy atom. The van der Waals surface area contributed by atoms with E-state index in [0.717, 1.165) is 36.5 Å². The molecule has 0 aliphatic carbocycles. The van der Waals surface area contributed by atoms with E-state index in [1.54, 1.807) is 11.8 Å². The molecule has 0 radical (unpaired) electrons. The summed E-state index contributed by atoms with van der Waals surface area (Å²) in [5.74, 6) is 1.18. The Bertz CT molecular complexity index is 677. The molecule has 0 spiro atoms. The minimum absolute atomic E-state index is 0.0580. The first-order valence-electron chi connectivity index (χ1n) is 8.39. The normalized spacial score (nSPS) is 17.5. The van der Waals surface area contributed by atoms with E-state index in [4.69, 9.17) is 4.74 Å². The Balaban J connectivity index is 1.52. The molecule has 1 aromatic carbocycles. The predicted octanol–water partition coefficient (Wildman–Crippen LogP) is 1.68. The van der Waals surface area contributed by atoms with Crippen LogP contribution in [0.25, 0.3) is 0 Å². The second-order valence-corrected chi connectivity index (χ2v) is 6.07. The summed E-state index contributed by atoms with van der Waals surface area (Å²) in [6.45, 7) is 2.73. The van der Waals surface area contributed by atoms with Gasteiger partial charge in [0, 0.05) is 30.8 Å². The number of carbonyl (C=O) groups is 1. The van der Waals surface area contributed by atoms with Crippen molar-refractivity contribution >= 4 is 5.91 Å². The maximum Gasteiger partial charge on any atom is 0.241 e. The number of nitrogens with one attached hydrogen (secondary N) is 2. The van der Waals surface area contributed by atoms with Crippen LogP contribution in [0, 0.1) is 0 Å². The molecule has 6 nitrogen and oxygen atoms in total. The molecule has 24 heavy (non-hydrogen) atoms. The van der Waals surface area contributed by atoms with Gasteiger partial charge in [0.05, 0.1) is 12.8 Å². The van der Waals surface area contributed by atoms with Gasteiger partial charge >= 0.3 is 0 Å². The molecule has 1 aliphatic heterocycles. The first-order valence-corrected chi connectivity index (χ1v) is 8.39. The third-order valence-corrected chi connectivity index (χ3v) is 4.35. The number of hydrogen-bond acceptors (Lipinski definition) is 4. The molecule has 2 heterocycles. The maximum absolute atomic E-state index is 12.1. The van der Waals surface area contributed by atoms with E-state index < -0.39 is 0 Å². The lowest BCUT2D eigenvalue weighted by atomic mass is 9.97. The van der Waals surface area contributed by atoms with Gasteiger partial charge in [0.2, 0.25) is 5.91 Å². The van der Waals surface area contributed by atoms with Crippen LogP contribution >= 0.6 is 0 Å². The standard InChI is InChI=1S/C18H24N4O2/c1-24-17-7-3-2-5-15(17)12-20-18(23)13-22-10-8-16(21-22)14-6-4-9-19-11-14/h2-3,5,7-8,10,14,19H,4,6,9,11-13H2,1H3,(H,20,23). The van der Waals surface area contributed by atoms with Gasteiger partial charge in [-0.1, -0.05) is 18.2 Å². The zero-order valence-corrected chi connectivity index (χ0v) is 14.0. The highest BCUT2D eigenvalue weighted by Gasteiger charge is 2.17. The van der Waals surface area contributed by atoms with Gasteiger partial charge in [0.25, 0.3) is 0 Å². The zero-order valence-electron chi connectivity index (χ0n) is 14.0. The molecule has 6 heteroatoms. The minimum atomic E-state index is -0.0580. The molecule has 0 bridgehead atoms. The summed E-state index contributed by atoms with van der Waals surface area (Å²) < 4.78 is 7.00. The highest BCUT2D eigenvalue weighted by molar-refractivity contribution is 5.75. The van der Waals surface area contributed by atoms with E-state index >= 15 is 0 Å². The molecule has 1 aromatic heterocycles. The summed E-state index contributed by atoms with van der Waals surface area (Å²) in [5, 5.41) is 10.9. The second-order valence-electron chi connectivity index (χ2n) is 6.07. The average Bonchev–Trinajstić information content (AvgIpc) is 3.09. The number of ether oxygens (including phenoxy) is 1. The van der Waals surface area contributed by atoms with Gasteiger partial charge < -0.3 is 15.4 Å². The van der Waals surface area contributed by atoms with Crippen LogP contribution in [0.2, 0.25) is 0 Å². The molecule has 2 N–H and O–H groups in total. The Labute approximate surface area is 142 Å². The third kappa shape index (κ3) is 4.14. The number of nitrogens with zero attached hydrogens (tertiary/aromatic N) is 2. The topological polar surface area (TPSA) is 68.2 Å². The lowest BCUT2D eigenvalue weighted by molar-refractivity contribution is -0.122. The van der Waals surface area contributed by atoms with Crippen LogP contribution in [0.5, 0.6) is 5.75 Å². The highest BCUT2D eigenvalue weighted by Crippen LogP contribution is 2.21. The van der Waals surface area contributed by atoms with Crippen LogP contribution < -0.4 is 15.4 Å². The monoisotopic (exact) mass is 328 g/mol. The summed E-state index contributed by atoms with van der Waals surface area (Å²) >= 11 is 0. The van der Waals surface area contributed by atoms with Gasteiger partial charge in [-0.3, -0.25) is 9.48 Å². The molecule has 1 fully saturated rings. The van der Waals surface area contributed by atoms with Crippen LogP contribution in [-0.4, -0.2) is 35.9 Å². The molecule has 1 amide bonds. The van der Waals surface area contributed by atoms with Crippen LogP contribution in [-0.2, 0) is 17.9 Å². The van der Waals surface area contributed by atoms with Crippen molar-refractivity contribution in [2.45, 2.75) is 31.8 Å². The van der Waals surface area contributed by atoms with E-state index in [9.17, 15) is 4.79 Å². The molecule has 128 valence electrons. The number of para-hydroxylation sites is 1. The van der Waals surface area contributed by atoms with Crippen molar-refractivity contribution in [1.29, 1.82) is 0 Å². The molecule has 2 aromatic rings. The molecule has 3 rings (SSSR count). The second kappa shape index (κ2) is 7.97. The van der Waals surface area contributed by atoms with E-state index in [2.05, 4.69) is 15.7 Å². The van der Waals surface area contributed by atoms with Gasteiger partial charge in [-0.25, -0.2) is 0 Å². The number of methoxy groups -OCH3 is 1. The fourth-order valence-corrected chi connectivity index (χ4v) is 3.03. The Hall–Kier alpha value is -2.34. The fraction of sp³-hybridized carbons (Fsp3) is 0.444. The summed E-state index contributed by atoms with van der Waals surface area (Å²) in [6, 6.07) is 9.70. The summed E-state index contributed by atoms with van der Waals surface area (Å²) in [6.07, 6.45) is 4.22. The average molecular weight is 328 g/mol. The summed E-state index contributed by atoms with van der Waals surface area (Å²) in [4.78, 5) is 12.1. The third-order valence-electron chi connectivity index (χ3n) is 4.35. The van der Waals surface area contributed by atoms with Gasteiger partial charge in [0.1, 0.15) is 12.3 Å². The lowest BCUT2D eigenvalue weighted by Gasteiger charge is -2.20. The van der Waals surface area contributed by atoms with E-state index in [1.807, 2.05) is 36.5 Å². The number of piperidine rings is 1. The summed E-state index contributed by atoms with van der Waals surface area (Å²) in [5.41, 5.74) is 2.03. The molecule has 0 saturated carbocycles. The number of amides is 1. The van der Waals surface area contributed by atoms with Crippen molar-refractivity contribution in [1.82, 2.24) is 20.4 Å². The molecule has 1 unspecified atom stereocenters. The van der Waals surface area contributed by atoms with Gasteiger partial charge in [-0.15, -0.1) is 0 Å². The van der Waals surface area contributed by atoms with E-state index in [0.29, 0.717) is 12.5 Å². The quantitative estimate of drug-likeness (QED) is 0.846. The maximum atomic E-state index is 12.1. The molecular formula is C18H24N4O2. The molecular weight excluding hydrogens is 304 g/mol. The van der Waals surface area contributed by atoms with Crippen LogP contribution in [0.15, 0.2) is 36.5 Å². The van der Waals surface area contributed by atoms with Crippen LogP contribution in [0.3, 0.4) is 0 Å². The van der Waals surface area contributed by atoms with Crippen molar-refractivity contribution in [3.63, 3.8) is 0 Å². The Kier molecular flexibility index (Phi) is 5.48. The minimum Gasteiger partial charge on any atom is -0.496 e. The van der Waals surface area contributed by atoms with Crippen molar-refractivity contribution in [2.24, 2.45) is 0 Å². The van der Waals surface area contributed by atoms with Gasteiger partial charge in [0.15, 0.2) is 0 Å².